The Hall–Kier alpha value is -0.810. The first-order valence-corrected chi connectivity index (χ1v) is 8.75. The minimum Gasteiger partial charge on any atom is -0.444 e. The molecule has 1 amide bonds. The topological polar surface area (TPSA) is 50.8 Å². The van der Waals surface area contributed by atoms with Crippen molar-refractivity contribution in [3.05, 3.63) is 0 Å². The summed E-state index contributed by atoms with van der Waals surface area (Å²) in [6, 6.07) is 0.389. The molecule has 0 bridgehead atoms. The Kier molecular flexibility index (Phi) is 4.38. The first-order valence-electron chi connectivity index (χ1n) is 8.75. The van der Waals surface area contributed by atoms with Crippen molar-refractivity contribution in [3.8, 4) is 0 Å². The molecule has 1 aliphatic carbocycles. The molecule has 0 aromatic heterocycles. The summed E-state index contributed by atoms with van der Waals surface area (Å²) >= 11 is 0. The molecule has 1 N–H and O–H groups in total. The average molecular weight is 310 g/mol. The zero-order valence-electron chi connectivity index (χ0n) is 14.2. The molecule has 1 unspecified atom stereocenters. The number of hydrogen-bond donors (Lipinski definition) is 1. The average Bonchev–Trinajstić information content (AvgIpc) is 2.43. The summed E-state index contributed by atoms with van der Waals surface area (Å²) in [4.78, 5) is 14.0. The summed E-state index contributed by atoms with van der Waals surface area (Å²) in [7, 11) is 0. The molecule has 3 rings (SSSR count). The monoisotopic (exact) mass is 310 g/mol. The highest BCUT2D eigenvalue weighted by Gasteiger charge is 2.55. The predicted octanol–water partition coefficient (Wildman–Crippen LogP) is 2.54. The lowest BCUT2D eigenvalue weighted by atomic mass is 9.72. The molecule has 22 heavy (non-hydrogen) atoms. The number of carbonyl (C=O) groups excluding carboxylic acids is 1. The molecule has 2 saturated heterocycles. The molecule has 0 radical (unpaired) electrons. The van der Waals surface area contributed by atoms with Crippen molar-refractivity contribution in [2.75, 3.05) is 26.2 Å². The van der Waals surface area contributed by atoms with Gasteiger partial charge in [-0.25, -0.2) is 4.79 Å². The maximum atomic E-state index is 12.2. The van der Waals surface area contributed by atoms with Crippen LogP contribution in [0.15, 0.2) is 0 Å². The fourth-order valence-corrected chi connectivity index (χ4v) is 4.15. The van der Waals surface area contributed by atoms with Gasteiger partial charge >= 0.3 is 6.09 Å². The van der Waals surface area contributed by atoms with E-state index in [1.807, 2.05) is 20.8 Å². The lowest BCUT2D eigenvalue weighted by Crippen LogP contribution is -2.76. The van der Waals surface area contributed by atoms with Crippen LogP contribution in [-0.2, 0) is 9.47 Å². The maximum absolute atomic E-state index is 12.2. The summed E-state index contributed by atoms with van der Waals surface area (Å²) < 4.78 is 11.6. The molecule has 5 nitrogen and oxygen atoms in total. The van der Waals surface area contributed by atoms with E-state index in [0.29, 0.717) is 25.0 Å². The van der Waals surface area contributed by atoms with E-state index in [9.17, 15) is 4.79 Å². The van der Waals surface area contributed by atoms with Gasteiger partial charge in [0.05, 0.1) is 19.7 Å². The lowest BCUT2D eigenvalue weighted by Gasteiger charge is -2.57. The molecule has 3 aliphatic rings. The molecule has 5 heteroatoms. The smallest absolute Gasteiger partial charge is 0.410 e. The van der Waals surface area contributed by atoms with Gasteiger partial charge in [-0.05, 0) is 39.5 Å². The Balaban J connectivity index is 1.61. The van der Waals surface area contributed by atoms with Gasteiger partial charge in [0.2, 0.25) is 0 Å². The zero-order chi connectivity index (χ0) is 15.8. The van der Waals surface area contributed by atoms with E-state index in [1.54, 1.807) is 4.90 Å². The Morgan fingerprint density at radius 1 is 1.23 bits per heavy atom. The Bertz CT molecular complexity index is 407. The van der Waals surface area contributed by atoms with Crippen LogP contribution in [0.5, 0.6) is 0 Å². The number of rotatable bonds is 1. The van der Waals surface area contributed by atoms with Gasteiger partial charge in [-0.3, -0.25) is 0 Å². The summed E-state index contributed by atoms with van der Waals surface area (Å²) in [5.41, 5.74) is -0.620. The highest BCUT2D eigenvalue weighted by Crippen LogP contribution is 2.39. The van der Waals surface area contributed by atoms with Gasteiger partial charge in [-0.2, -0.15) is 0 Å². The Labute approximate surface area is 133 Å². The van der Waals surface area contributed by atoms with E-state index in [-0.39, 0.29) is 11.7 Å². The fraction of sp³-hybridized carbons (Fsp3) is 0.941. The van der Waals surface area contributed by atoms with E-state index in [1.165, 1.54) is 32.1 Å². The number of carbonyl (C=O) groups is 1. The third-order valence-corrected chi connectivity index (χ3v) is 5.11. The van der Waals surface area contributed by atoms with Crippen LogP contribution in [0.4, 0.5) is 4.79 Å². The van der Waals surface area contributed by atoms with Gasteiger partial charge in [0.1, 0.15) is 11.2 Å². The molecule has 126 valence electrons. The van der Waals surface area contributed by atoms with Gasteiger partial charge in [0.25, 0.3) is 0 Å². The highest BCUT2D eigenvalue weighted by atomic mass is 16.6. The van der Waals surface area contributed by atoms with Crippen molar-refractivity contribution < 1.29 is 14.3 Å². The molecular formula is C17H30N2O3. The van der Waals surface area contributed by atoms with Gasteiger partial charge in [-0.15, -0.1) is 0 Å². The maximum Gasteiger partial charge on any atom is 0.410 e. The molecule has 1 atom stereocenters. The SMILES string of the molecule is CC(C)(C)OC(=O)N1CC2(C1)OCCNC2C1CCCCC1. The predicted molar refractivity (Wildman–Crippen MR) is 84.9 cm³/mol. The summed E-state index contributed by atoms with van der Waals surface area (Å²) in [6.07, 6.45) is 6.38. The first kappa shape index (κ1) is 16.1. The van der Waals surface area contributed by atoms with Crippen molar-refractivity contribution in [3.63, 3.8) is 0 Å². The van der Waals surface area contributed by atoms with Crippen LogP contribution >= 0.6 is 0 Å². The molecule has 1 spiro atoms. The lowest BCUT2D eigenvalue weighted by molar-refractivity contribution is -0.185. The van der Waals surface area contributed by atoms with Crippen LogP contribution in [0.1, 0.15) is 52.9 Å². The van der Waals surface area contributed by atoms with Crippen molar-refractivity contribution in [1.82, 2.24) is 10.2 Å². The van der Waals surface area contributed by atoms with Crippen LogP contribution in [0, 0.1) is 5.92 Å². The van der Waals surface area contributed by atoms with Crippen molar-refractivity contribution in [2.45, 2.75) is 70.1 Å². The van der Waals surface area contributed by atoms with Crippen LogP contribution in [-0.4, -0.2) is 54.5 Å². The summed E-state index contributed by atoms with van der Waals surface area (Å²) in [6.45, 7) is 8.71. The van der Waals surface area contributed by atoms with Gasteiger partial charge in [0, 0.05) is 12.6 Å². The summed E-state index contributed by atoms with van der Waals surface area (Å²) in [5, 5.41) is 3.69. The second-order valence-corrected chi connectivity index (χ2v) is 8.08. The van der Waals surface area contributed by atoms with Crippen molar-refractivity contribution >= 4 is 6.09 Å². The molecule has 0 aromatic rings. The summed E-state index contributed by atoms with van der Waals surface area (Å²) in [5.74, 6) is 0.690. The van der Waals surface area contributed by atoms with Gasteiger partial charge < -0.3 is 19.7 Å². The third-order valence-electron chi connectivity index (χ3n) is 5.11. The van der Waals surface area contributed by atoms with E-state index in [4.69, 9.17) is 9.47 Å². The van der Waals surface area contributed by atoms with Crippen LogP contribution in [0.25, 0.3) is 0 Å². The van der Waals surface area contributed by atoms with Crippen molar-refractivity contribution in [1.29, 1.82) is 0 Å². The zero-order valence-corrected chi connectivity index (χ0v) is 14.2. The number of nitrogens with one attached hydrogen (secondary N) is 1. The molecule has 1 saturated carbocycles. The van der Waals surface area contributed by atoms with Crippen molar-refractivity contribution in [2.24, 2.45) is 5.92 Å². The largest absolute Gasteiger partial charge is 0.444 e. The van der Waals surface area contributed by atoms with E-state index in [0.717, 1.165) is 13.2 Å². The van der Waals surface area contributed by atoms with Gasteiger partial charge in [0.15, 0.2) is 0 Å². The molecule has 0 aromatic carbocycles. The Morgan fingerprint density at radius 3 is 2.55 bits per heavy atom. The molecular weight excluding hydrogens is 280 g/mol. The number of likely N-dealkylation sites (tertiary alicyclic amines) is 1. The van der Waals surface area contributed by atoms with E-state index in [2.05, 4.69) is 5.32 Å². The van der Waals surface area contributed by atoms with Crippen LogP contribution in [0.2, 0.25) is 0 Å². The van der Waals surface area contributed by atoms with E-state index >= 15 is 0 Å². The molecule has 2 aliphatic heterocycles. The first-order chi connectivity index (χ1) is 10.4. The number of morpholine rings is 1. The van der Waals surface area contributed by atoms with E-state index < -0.39 is 5.60 Å². The fourth-order valence-electron chi connectivity index (χ4n) is 4.15. The Morgan fingerprint density at radius 2 is 1.91 bits per heavy atom. The standard InChI is InChI=1S/C17H30N2O3/c1-16(2,3)22-15(20)19-11-17(12-19)14(18-9-10-21-17)13-7-5-4-6-8-13/h13-14,18H,4-12H2,1-3H3. The molecule has 3 fully saturated rings. The minimum absolute atomic E-state index is 0.183. The second kappa shape index (κ2) is 6.00. The highest BCUT2D eigenvalue weighted by molar-refractivity contribution is 5.69. The molecule has 2 heterocycles. The number of ether oxygens (including phenoxy) is 2. The number of amides is 1. The normalized spacial score (nSPS) is 29.2. The van der Waals surface area contributed by atoms with Crippen LogP contribution in [0.3, 0.4) is 0 Å². The number of hydrogen-bond acceptors (Lipinski definition) is 4. The minimum atomic E-state index is -0.436. The number of nitrogens with zero attached hydrogens (tertiary/aromatic N) is 1. The quantitative estimate of drug-likeness (QED) is 0.808. The third kappa shape index (κ3) is 3.25. The van der Waals surface area contributed by atoms with Gasteiger partial charge in [-0.1, -0.05) is 19.3 Å². The van der Waals surface area contributed by atoms with Crippen LogP contribution < -0.4 is 5.32 Å². The second-order valence-electron chi connectivity index (χ2n) is 8.08.